The number of nitrogens with zero attached hydrogens (tertiary/aromatic N) is 4. The minimum atomic E-state index is 0.00700. The molecule has 0 spiro atoms. The third-order valence-electron chi connectivity index (χ3n) is 2.62. The number of aryl methyl sites for hydroxylation is 1. The van der Waals surface area contributed by atoms with Gasteiger partial charge in [-0.25, -0.2) is 9.67 Å². The summed E-state index contributed by atoms with van der Waals surface area (Å²) < 4.78 is 7.39. The first-order valence-corrected chi connectivity index (χ1v) is 5.82. The van der Waals surface area contributed by atoms with Gasteiger partial charge in [0.05, 0.1) is 5.56 Å². The van der Waals surface area contributed by atoms with E-state index < -0.39 is 0 Å². The minimum absolute atomic E-state index is 0.00700. The van der Waals surface area contributed by atoms with Crippen molar-refractivity contribution in [2.24, 2.45) is 10.9 Å². The fourth-order valence-electron chi connectivity index (χ4n) is 1.66. The van der Waals surface area contributed by atoms with Crippen LogP contribution < -0.4 is 10.5 Å². The second-order valence-electron chi connectivity index (χ2n) is 3.76. The van der Waals surface area contributed by atoms with Gasteiger partial charge in [0, 0.05) is 6.54 Å². The van der Waals surface area contributed by atoms with Crippen LogP contribution in [0.1, 0.15) is 18.3 Å². The maximum absolute atomic E-state index is 8.73. The number of hydrogen-bond acceptors (Lipinski definition) is 5. The molecule has 0 unspecified atom stereocenters. The van der Waals surface area contributed by atoms with Gasteiger partial charge in [-0.2, -0.15) is 5.10 Å². The van der Waals surface area contributed by atoms with Crippen LogP contribution in [-0.2, 0) is 13.2 Å². The van der Waals surface area contributed by atoms with E-state index in [9.17, 15) is 0 Å². The number of aromatic nitrogens is 3. The fourth-order valence-corrected chi connectivity index (χ4v) is 1.66. The molecule has 0 saturated heterocycles. The number of benzene rings is 1. The molecule has 0 aliphatic rings. The summed E-state index contributed by atoms with van der Waals surface area (Å²) in [5.74, 6) is 1.26. The molecule has 0 atom stereocenters. The molecule has 1 heterocycles. The van der Waals surface area contributed by atoms with Gasteiger partial charge in [-0.15, -0.1) is 0 Å². The molecule has 3 N–H and O–H groups in total. The summed E-state index contributed by atoms with van der Waals surface area (Å²) in [5, 5.41) is 15.8. The van der Waals surface area contributed by atoms with Crippen LogP contribution in [0.4, 0.5) is 0 Å². The molecule has 0 aliphatic carbocycles. The van der Waals surface area contributed by atoms with Gasteiger partial charge < -0.3 is 15.7 Å². The largest absolute Gasteiger partial charge is 0.485 e. The average Bonchev–Trinajstić information content (AvgIpc) is 2.92. The SMILES string of the molecule is CCn1ncnc1COc1ccccc1C(N)=NO. The molecule has 0 amide bonds. The average molecular weight is 261 g/mol. The smallest absolute Gasteiger partial charge is 0.173 e. The van der Waals surface area contributed by atoms with Crippen LogP contribution in [0.5, 0.6) is 5.75 Å². The topological polar surface area (TPSA) is 98.5 Å². The monoisotopic (exact) mass is 261 g/mol. The standard InChI is InChI=1S/C12H15N5O2/c1-2-17-11(14-8-15-17)7-19-10-6-4-3-5-9(10)12(13)16-18/h3-6,8,18H,2,7H2,1H3,(H2,13,16). The lowest BCUT2D eigenvalue weighted by Gasteiger charge is -2.10. The number of para-hydroxylation sites is 1. The van der Waals surface area contributed by atoms with E-state index in [2.05, 4.69) is 15.2 Å². The first kappa shape index (κ1) is 12.9. The van der Waals surface area contributed by atoms with Crippen LogP contribution in [0.25, 0.3) is 0 Å². The van der Waals surface area contributed by atoms with Gasteiger partial charge in [0.2, 0.25) is 0 Å². The Labute approximate surface area is 110 Å². The van der Waals surface area contributed by atoms with E-state index >= 15 is 0 Å². The third kappa shape index (κ3) is 2.82. The van der Waals surface area contributed by atoms with E-state index in [1.165, 1.54) is 6.33 Å². The normalized spacial score (nSPS) is 11.5. The van der Waals surface area contributed by atoms with E-state index in [0.717, 1.165) is 12.4 Å². The van der Waals surface area contributed by atoms with Crippen molar-refractivity contribution in [2.75, 3.05) is 0 Å². The van der Waals surface area contributed by atoms with Gasteiger partial charge in [-0.05, 0) is 19.1 Å². The van der Waals surface area contributed by atoms with Gasteiger partial charge in [-0.1, -0.05) is 17.3 Å². The van der Waals surface area contributed by atoms with Crippen LogP contribution >= 0.6 is 0 Å². The number of oxime groups is 1. The van der Waals surface area contributed by atoms with Gasteiger partial charge in [0.15, 0.2) is 11.7 Å². The Bertz CT molecular complexity index is 579. The van der Waals surface area contributed by atoms with Crippen molar-refractivity contribution in [3.05, 3.63) is 42.0 Å². The van der Waals surface area contributed by atoms with Crippen molar-refractivity contribution < 1.29 is 9.94 Å². The lowest BCUT2D eigenvalue weighted by molar-refractivity contribution is 0.286. The van der Waals surface area contributed by atoms with Crippen molar-refractivity contribution in [3.8, 4) is 5.75 Å². The highest BCUT2D eigenvalue weighted by Gasteiger charge is 2.09. The highest BCUT2D eigenvalue weighted by atomic mass is 16.5. The summed E-state index contributed by atoms with van der Waals surface area (Å²) in [6.45, 7) is 2.96. The molecule has 0 aliphatic heterocycles. The van der Waals surface area contributed by atoms with E-state index in [0.29, 0.717) is 11.3 Å². The summed E-state index contributed by atoms with van der Waals surface area (Å²) in [7, 11) is 0. The van der Waals surface area contributed by atoms with Crippen LogP contribution in [0.2, 0.25) is 0 Å². The number of nitrogens with two attached hydrogens (primary N) is 1. The molecule has 1 aromatic carbocycles. The summed E-state index contributed by atoms with van der Waals surface area (Å²) in [6, 6.07) is 7.07. The van der Waals surface area contributed by atoms with E-state index in [-0.39, 0.29) is 12.4 Å². The van der Waals surface area contributed by atoms with Gasteiger partial charge in [-0.3, -0.25) is 0 Å². The predicted octanol–water partition coefficient (Wildman–Crippen LogP) is 0.971. The third-order valence-corrected chi connectivity index (χ3v) is 2.62. The molecule has 2 rings (SSSR count). The molecule has 19 heavy (non-hydrogen) atoms. The Hall–Kier alpha value is -2.57. The van der Waals surface area contributed by atoms with Crippen molar-refractivity contribution >= 4 is 5.84 Å². The molecular weight excluding hydrogens is 246 g/mol. The van der Waals surface area contributed by atoms with E-state index in [1.54, 1.807) is 22.9 Å². The van der Waals surface area contributed by atoms with Crippen LogP contribution in [0.3, 0.4) is 0 Å². The highest BCUT2D eigenvalue weighted by Crippen LogP contribution is 2.18. The van der Waals surface area contributed by atoms with Crippen molar-refractivity contribution in [1.82, 2.24) is 14.8 Å². The molecule has 1 aromatic heterocycles. The summed E-state index contributed by atoms with van der Waals surface area (Å²) in [6.07, 6.45) is 1.48. The second-order valence-corrected chi connectivity index (χ2v) is 3.76. The molecule has 7 heteroatoms. The molecule has 7 nitrogen and oxygen atoms in total. The van der Waals surface area contributed by atoms with E-state index in [4.69, 9.17) is 15.7 Å². The Morgan fingerprint density at radius 3 is 3.00 bits per heavy atom. The second kappa shape index (κ2) is 5.85. The predicted molar refractivity (Wildman–Crippen MR) is 69.0 cm³/mol. The molecule has 0 radical (unpaired) electrons. The van der Waals surface area contributed by atoms with Crippen molar-refractivity contribution in [3.63, 3.8) is 0 Å². The first-order chi connectivity index (χ1) is 9.26. The number of rotatable bonds is 5. The molecule has 0 saturated carbocycles. The van der Waals surface area contributed by atoms with Crippen molar-refractivity contribution in [1.29, 1.82) is 0 Å². The quantitative estimate of drug-likeness (QED) is 0.361. The van der Waals surface area contributed by atoms with Gasteiger partial charge >= 0.3 is 0 Å². The first-order valence-electron chi connectivity index (χ1n) is 5.82. The van der Waals surface area contributed by atoms with Crippen molar-refractivity contribution in [2.45, 2.75) is 20.1 Å². The fraction of sp³-hybridized carbons (Fsp3) is 0.250. The Kier molecular flexibility index (Phi) is 3.97. The Morgan fingerprint density at radius 2 is 2.26 bits per heavy atom. The zero-order chi connectivity index (χ0) is 13.7. The lowest BCUT2D eigenvalue weighted by atomic mass is 10.2. The lowest BCUT2D eigenvalue weighted by Crippen LogP contribution is -2.15. The zero-order valence-electron chi connectivity index (χ0n) is 10.5. The number of amidine groups is 1. The minimum Gasteiger partial charge on any atom is -0.485 e. The van der Waals surface area contributed by atoms with Crippen LogP contribution in [0, 0.1) is 0 Å². The Balaban J connectivity index is 2.16. The van der Waals surface area contributed by atoms with Gasteiger partial charge in [0.1, 0.15) is 18.7 Å². The number of ether oxygens (including phenoxy) is 1. The molecule has 0 fully saturated rings. The molecular formula is C12H15N5O2. The molecule has 0 bridgehead atoms. The summed E-state index contributed by atoms with van der Waals surface area (Å²) >= 11 is 0. The number of hydrogen-bond donors (Lipinski definition) is 2. The maximum atomic E-state index is 8.73. The molecule has 100 valence electrons. The summed E-state index contributed by atoms with van der Waals surface area (Å²) in [4.78, 5) is 4.11. The van der Waals surface area contributed by atoms with Gasteiger partial charge in [0.25, 0.3) is 0 Å². The van der Waals surface area contributed by atoms with Crippen LogP contribution in [-0.4, -0.2) is 25.8 Å². The maximum Gasteiger partial charge on any atom is 0.173 e. The van der Waals surface area contributed by atoms with E-state index in [1.807, 2.05) is 13.0 Å². The Morgan fingerprint density at radius 1 is 1.47 bits per heavy atom. The zero-order valence-corrected chi connectivity index (χ0v) is 10.5. The molecule has 2 aromatic rings. The summed E-state index contributed by atoms with van der Waals surface area (Å²) in [5.41, 5.74) is 6.12. The highest BCUT2D eigenvalue weighted by molar-refractivity contribution is 5.99. The van der Waals surface area contributed by atoms with Crippen LogP contribution in [0.15, 0.2) is 35.7 Å².